The van der Waals surface area contributed by atoms with E-state index in [4.69, 9.17) is 9.39 Å². The number of benzene rings is 2. The maximum absolute atomic E-state index is 10.1. The normalized spacial score (nSPS) is 16.1. The zero-order valence-electron chi connectivity index (χ0n) is 12.4. The van der Waals surface area contributed by atoms with Crippen LogP contribution in [-0.2, 0) is 11.2 Å². The molecule has 0 bridgehead atoms. The first-order chi connectivity index (χ1) is 10.3. The van der Waals surface area contributed by atoms with Gasteiger partial charge in [0.2, 0.25) is 0 Å². The Balaban J connectivity index is 0.00000176. The second-order valence-corrected chi connectivity index (χ2v) is 5.06. The summed E-state index contributed by atoms with van der Waals surface area (Å²) in [5.41, 5.74) is 2.95. The average molecular weight is 320 g/mol. The average Bonchev–Trinajstić information content (AvgIpc) is 2.85. The van der Waals surface area contributed by atoms with Crippen molar-refractivity contribution in [3.05, 3.63) is 59.7 Å². The molecule has 2 N–H and O–H groups in total. The minimum Gasteiger partial charge on any atom is -0.497 e. The molecular weight excluding hydrogens is 300 g/mol. The molecular formula is C16H19BClNO3. The highest BCUT2D eigenvalue weighted by molar-refractivity contribution is 6.62. The van der Waals surface area contributed by atoms with Crippen molar-refractivity contribution < 1.29 is 14.4 Å². The van der Waals surface area contributed by atoms with Gasteiger partial charge in [0.1, 0.15) is 5.75 Å². The second kappa shape index (κ2) is 7.65. The van der Waals surface area contributed by atoms with E-state index in [1.165, 1.54) is 5.56 Å². The van der Waals surface area contributed by atoms with Crippen LogP contribution in [0.15, 0.2) is 48.5 Å². The summed E-state index contributed by atoms with van der Waals surface area (Å²) < 4.78 is 10.9. The fraction of sp³-hybridized carbons (Fsp3) is 0.250. The smallest absolute Gasteiger partial charge is 0.495 e. The third kappa shape index (κ3) is 3.44. The van der Waals surface area contributed by atoms with E-state index in [0.29, 0.717) is 12.3 Å². The molecule has 0 aromatic heterocycles. The predicted molar refractivity (Wildman–Crippen MR) is 89.8 cm³/mol. The minimum atomic E-state index is -0.917. The summed E-state index contributed by atoms with van der Waals surface area (Å²) in [5, 5.41) is 13.4. The molecule has 1 unspecified atom stereocenters. The molecule has 4 nitrogen and oxygen atoms in total. The van der Waals surface area contributed by atoms with Gasteiger partial charge in [-0.15, -0.1) is 12.4 Å². The number of halogens is 1. The van der Waals surface area contributed by atoms with Crippen LogP contribution in [-0.4, -0.2) is 25.8 Å². The van der Waals surface area contributed by atoms with Gasteiger partial charge < -0.3 is 19.7 Å². The molecule has 2 aromatic rings. The monoisotopic (exact) mass is 319 g/mol. The van der Waals surface area contributed by atoms with Crippen molar-refractivity contribution in [3.8, 4) is 5.75 Å². The van der Waals surface area contributed by atoms with Crippen molar-refractivity contribution in [2.45, 2.75) is 12.6 Å². The molecule has 22 heavy (non-hydrogen) atoms. The van der Waals surface area contributed by atoms with Crippen molar-refractivity contribution in [1.82, 2.24) is 5.32 Å². The number of ether oxygens (including phenoxy) is 1. The first-order valence-corrected chi connectivity index (χ1v) is 7.04. The first-order valence-electron chi connectivity index (χ1n) is 7.04. The standard InChI is InChI=1S/C16H18BNO3.ClH/c1-20-14-9-5-8-13-15(21-17(19)16(13)14)11-18-10-12-6-3-2-4-7-12;/h2-9,15,18-19H,10-11H2,1H3;1H. The Morgan fingerprint density at radius 2 is 1.95 bits per heavy atom. The maximum atomic E-state index is 10.1. The van der Waals surface area contributed by atoms with Gasteiger partial charge in [-0.1, -0.05) is 42.5 Å². The molecule has 0 amide bonds. The van der Waals surface area contributed by atoms with Gasteiger partial charge >= 0.3 is 7.12 Å². The van der Waals surface area contributed by atoms with E-state index >= 15 is 0 Å². The molecule has 2 aromatic carbocycles. The predicted octanol–water partition coefficient (Wildman–Crippen LogP) is 1.67. The number of fused-ring (bicyclic) bond motifs is 1. The van der Waals surface area contributed by atoms with Crippen LogP contribution in [0, 0.1) is 0 Å². The number of nitrogens with one attached hydrogen (secondary N) is 1. The van der Waals surface area contributed by atoms with E-state index in [-0.39, 0.29) is 18.5 Å². The van der Waals surface area contributed by atoms with E-state index in [9.17, 15) is 5.02 Å². The van der Waals surface area contributed by atoms with Crippen LogP contribution in [0.5, 0.6) is 5.75 Å². The Morgan fingerprint density at radius 3 is 2.68 bits per heavy atom. The van der Waals surface area contributed by atoms with E-state index in [1.54, 1.807) is 7.11 Å². The molecule has 0 fully saturated rings. The molecule has 0 aliphatic carbocycles. The van der Waals surface area contributed by atoms with Crippen LogP contribution in [0.1, 0.15) is 17.2 Å². The third-order valence-electron chi connectivity index (χ3n) is 3.71. The Morgan fingerprint density at radius 1 is 1.18 bits per heavy atom. The lowest BCUT2D eigenvalue weighted by atomic mass is 9.78. The molecule has 0 radical (unpaired) electrons. The third-order valence-corrected chi connectivity index (χ3v) is 3.71. The molecule has 3 rings (SSSR count). The summed E-state index contributed by atoms with van der Waals surface area (Å²) in [4.78, 5) is 0. The zero-order chi connectivity index (χ0) is 14.7. The van der Waals surface area contributed by atoms with Crippen LogP contribution in [0.3, 0.4) is 0 Å². The van der Waals surface area contributed by atoms with Crippen LogP contribution in [0.4, 0.5) is 0 Å². The largest absolute Gasteiger partial charge is 0.497 e. The number of rotatable bonds is 5. The Hall–Kier alpha value is -1.53. The fourth-order valence-electron chi connectivity index (χ4n) is 2.68. The molecule has 0 saturated heterocycles. The van der Waals surface area contributed by atoms with Crippen molar-refractivity contribution in [1.29, 1.82) is 0 Å². The number of hydrogen-bond donors (Lipinski definition) is 2. The molecule has 0 saturated carbocycles. The maximum Gasteiger partial charge on any atom is 0.495 e. The molecule has 1 atom stereocenters. The van der Waals surface area contributed by atoms with Gasteiger partial charge in [0.25, 0.3) is 0 Å². The van der Waals surface area contributed by atoms with Gasteiger partial charge in [0.05, 0.1) is 13.2 Å². The lowest BCUT2D eigenvalue weighted by Crippen LogP contribution is -2.29. The molecule has 1 aliphatic rings. The van der Waals surface area contributed by atoms with Gasteiger partial charge in [-0.2, -0.15) is 0 Å². The van der Waals surface area contributed by atoms with E-state index in [1.807, 2.05) is 36.4 Å². The Bertz CT molecular complexity index is 612. The molecule has 1 aliphatic heterocycles. The van der Waals surface area contributed by atoms with Gasteiger partial charge in [-0.3, -0.25) is 0 Å². The minimum absolute atomic E-state index is 0. The summed E-state index contributed by atoms with van der Waals surface area (Å²) in [6.45, 7) is 1.42. The van der Waals surface area contributed by atoms with Gasteiger partial charge in [0, 0.05) is 18.6 Å². The lowest BCUT2D eigenvalue weighted by Gasteiger charge is -2.13. The van der Waals surface area contributed by atoms with Crippen LogP contribution in [0.25, 0.3) is 0 Å². The quantitative estimate of drug-likeness (QED) is 0.823. The number of methoxy groups -OCH3 is 1. The van der Waals surface area contributed by atoms with Crippen molar-refractivity contribution in [2.75, 3.05) is 13.7 Å². The summed E-state index contributed by atoms with van der Waals surface area (Å²) in [7, 11) is 0.684. The molecule has 1 heterocycles. The van der Waals surface area contributed by atoms with Gasteiger partial charge in [0.15, 0.2) is 0 Å². The Kier molecular flexibility index (Phi) is 5.86. The lowest BCUT2D eigenvalue weighted by molar-refractivity contribution is 0.187. The van der Waals surface area contributed by atoms with Crippen molar-refractivity contribution >= 4 is 25.0 Å². The highest BCUT2D eigenvalue weighted by atomic mass is 35.5. The van der Waals surface area contributed by atoms with E-state index < -0.39 is 7.12 Å². The Labute approximate surface area is 137 Å². The first kappa shape index (κ1) is 16.8. The SMILES string of the molecule is COc1cccc2c1B(O)OC2CNCc1ccccc1.Cl. The van der Waals surface area contributed by atoms with E-state index in [0.717, 1.165) is 17.6 Å². The van der Waals surface area contributed by atoms with Crippen molar-refractivity contribution in [3.63, 3.8) is 0 Å². The van der Waals surface area contributed by atoms with Crippen molar-refractivity contribution in [2.24, 2.45) is 0 Å². The van der Waals surface area contributed by atoms with Crippen LogP contribution < -0.4 is 15.5 Å². The molecule has 6 heteroatoms. The summed E-state index contributed by atoms with van der Waals surface area (Å²) in [6, 6.07) is 15.9. The second-order valence-electron chi connectivity index (χ2n) is 5.06. The summed E-state index contributed by atoms with van der Waals surface area (Å²) in [6.07, 6.45) is -0.159. The van der Waals surface area contributed by atoms with E-state index in [2.05, 4.69) is 17.4 Å². The topological polar surface area (TPSA) is 50.7 Å². The molecule has 0 spiro atoms. The fourth-order valence-corrected chi connectivity index (χ4v) is 2.68. The number of hydrogen-bond acceptors (Lipinski definition) is 4. The molecule has 116 valence electrons. The van der Waals surface area contributed by atoms with Gasteiger partial charge in [-0.25, -0.2) is 0 Å². The van der Waals surface area contributed by atoms with Crippen LogP contribution >= 0.6 is 12.4 Å². The van der Waals surface area contributed by atoms with Gasteiger partial charge in [-0.05, 0) is 17.2 Å². The van der Waals surface area contributed by atoms with Crippen LogP contribution in [0.2, 0.25) is 0 Å². The zero-order valence-corrected chi connectivity index (χ0v) is 13.2. The summed E-state index contributed by atoms with van der Waals surface area (Å²) in [5.74, 6) is 0.672. The highest BCUT2D eigenvalue weighted by Gasteiger charge is 2.37. The summed E-state index contributed by atoms with van der Waals surface area (Å²) >= 11 is 0. The highest BCUT2D eigenvalue weighted by Crippen LogP contribution is 2.27.